The molecular formula is C9H15N3O4. The quantitative estimate of drug-likeness (QED) is 0.579. The standard InChI is InChI=1S/C9H15N3O4/c1-6(16-7(4-13)5-14)12-3-2-8(10)11-9(12)15/h2-3,6-7,13-14H,4-5H2,1H3,(H2,10,11,15). The van der Waals surface area contributed by atoms with Crippen LogP contribution in [0.4, 0.5) is 5.82 Å². The summed E-state index contributed by atoms with van der Waals surface area (Å²) in [5.74, 6) is 0.134. The average Bonchev–Trinajstić information content (AvgIpc) is 2.25. The molecule has 1 aromatic rings. The van der Waals surface area contributed by atoms with E-state index >= 15 is 0 Å². The minimum Gasteiger partial charge on any atom is -0.394 e. The van der Waals surface area contributed by atoms with E-state index in [9.17, 15) is 4.79 Å². The SMILES string of the molecule is CC(OC(CO)CO)n1ccc(N)nc1=O. The summed E-state index contributed by atoms with van der Waals surface area (Å²) in [4.78, 5) is 14.9. The van der Waals surface area contributed by atoms with Gasteiger partial charge in [0.1, 0.15) is 18.1 Å². The van der Waals surface area contributed by atoms with Gasteiger partial charge in [-0.2, -0.15) is 4.98 Å². The Labute approximate surface area is 92.1 Å². The van der Waals surface area contributed by atoms with E-state index in [1.807, 2.05) is 0 Å². The van der Waals surface area contributed by atoms with Crippen LogP contribution < -0.4 is 11.4 Å². The van der Waals surface area contributed by atoms with Gasteiger partial charge >= 0.3 is 5.69 Å². The van der Waals surface area contributed by atoms with E-state index in [1.165, 1.54) is 16.8 Å². The molecule has 1 aromatic heterocycles. The van der Waals surface area contributed by atoms with Gasteiger partial charge in [-0.15, -0.1) is 0 Å². The molecule has 1 atom stereocenters. The van der Waals surface area contributed by atoms with Crippen LogP contribution in [0.15, 0.2) is 17.1 Å². The lowest BCUT2D eigenvalue weighted by Crippen LogP contribution is -2.32. The Kier molecular flexibility index (Phi) is 4.41. The van der Waals surface area contributed by atoms with Gasteiger partial charge in [0.2, 0.25) is 0 Å². The van der Waals surface area contributed by atoms with E-state index in [0.717, 1.165) is 0 Å². The maximum absolute atomic E-state index is 11.4. The fourth-order valence-corrected chi connectivity index (χ4v) is 1.19. The second-order valence-electron chi connectivity index (χ2n) is 3.26. The normalized spacial score (nSPS) is 13.0. The minimum atomic E-state index is -0.723. The van der Waals surface area contributed by atoms with Crippen LogP contribution >= 0.6 is 0 Å². The van der Waals surface area contributed by atoms with E-state index in [1.54, 1.807) is 6.92 Å². The molecule has 7 heteroatoms. The summed E-state index contributed by atoms with van der Waals surface area (Å²) >= 11 is 0. The molecule has 0 amide bonds. The molecule has 0 saturated carbocycles. The Bertz CT molecular complexity index is 389. The van der Waals surface area contributed by atoms with Crippen LogP contribution in [0.3, 0.4) is 0 Å². The molecule has 0 aliphatic heterocycles. The zero-order valence-electron chi connectivity index (χ0n) is 8.91. The van der Waals surface area contributed by atoms with E-state index in [-0.39, 0.29) is 19.0 Å². The van der Waals surface area contributed by atoms with E-state index in [4.69, 9.17) is 20.7 Å². The number of rotatable bonds is 5. The molecule has 0 saturated heterocycles. The molecule has 90 valence electrons. The molecule has 4 N–H and O–H groups in total. The monoisotopic (exact) mass is 229 g/mol. The zero-order valence-corrected chi connectivity index (χ0v) is 8.91. The highest BCUT2D eigenvalue weighted by atomic mass is 16.5. The predicted molar refractivity (Wildman–Crippen MR) is 56.7 cm³/mol. The second kappa shape index (κ2) is 5.59. The Balaban J connectivity index is 2.80. The van der Waals surface area contributed by atoms with Gasteiger partial charge in [-0.3, -0.25) is 4.57 Å². The first-order valence-electron chi connectivity index (χ1n) is 4.80. The number of aliphatic hydroxyl groups is 2. The van der Waals surface area contributed by atoms with Crippen molar-refractivity contribution in [3.05, 3.63) is 22.7 Å². The van der Waals surface area contributed by atoms with Gasteiger partial charge in [-0.25, -0.2) is 4.79 Å². The van der Waals surface area contributed by atoms with E-state index in [2.05, 4.69) is 4.98 Å². The van der Waals surface area contributed by atoms with Gasteiger partial charge in [0.15, 0.2) is 0 Å². The van der Waals surface area contributed by atoms with Crippen molar-refractivity contribution >= 4 is 5.82 Å². The van der Waals surface area contributed by atoms with Crippen molar-refractivity contribution in [2.24, 2.45) is 0 Å². The summed E-state index contributed by atoms with van der Waals surface area (Å²) < 4.78 is 6.45. The fraction of sp³-hybridized carbons (Fsp3) is 0.556. The molecular weight excluding hydrogens is 214 g/mol. The van der Waals surface area contributed by atoms with Gasteiger partial charge < -0.3 is 20.7 Å². The van der Waals surface area contributed by atoms with Gasteiger partial charge in [0.25, 0.3) is 0 Å². The molecule has 1 heterocycles. The summed E-state index contributed by atoms with van der Waals surface area (Å²) in [6.07, 6.45) is 0.0885. The Hall–Kier alpha value is -1.44. The van der Waals surface area contributed by atoms with Crippen molar-refractivity contribution in [3.8, 4) is 0 Å². The van der Waals surface area contributed by atoms with Gasteiger partial charge in [-0.05, 0) is 13.0 Å². The number of hydrogen-bond acceptors (Lipinski definition) is 6. The number of anilines is 1. The first-order valence-corrected chi connectivity index (χ1v) is 4.80. The lowest BCUT2D eigenvalue weighted by atomic mass is 10.4. The summed E-state index contributed by atoms with van der Waals surface area (Å²) in [5, 5.41) is 17.7. The molecule has 0 bridgehead atoms. The largest absolute Gasteiger partial charge is 0.394 e. The number of nitrogen functional groups attached to an aromatic ring is 1. The third kappa shape index (κ3) is 3.02. The molecule has 7 nitrogen and oxygen atoms in total. The highest BCUT2D eigenvalue weighted by Gasteiger charge is 2.14. The zero-order chi connectivity index (χ0) is 12.1. The molecule has 1 rings (SSSR count). The topological polar surface area (TPSA) is 111 Å². The molecule has 0 radical (unpaired) electrons. The fourth-order valence-electron chi connectivity index (χ4n) is 1.19. The summed E-state index contributed by atoms with van der Waals surface area (Å²) in [6.45, 7) is 0.966. The summed E-state index contributed by atoms with van der Waals surface area (Å²) in [5.41, 5.74) is 4.80. The van der Waals surface area contributed by atoms with Crippen LogP contribution in [-0.4, -0.2) is 39.1 Å². The van der Waals surface area contributed by atoms with Crippen molar-refractivity contribution in [1.29, 1.82) is 0 Å². The number of nitrogens with zero attached hydrogens (tertiary/aromatic N) is 2. The van der Waals surface area contributed by atoms with Gasteiger partial charge in [0, 0.05) is 6.20 Å². The molecule has 1 unspecified atom stereocenters. The Morgan fingerprint density at radius 2 is 2.19 bits per heavy atom. The van der Waals surface area contributed by atoms with Crippen molar-refractivity contribution in [1.82, 2.24) is 9.55 Å². The van der Waals surface area contributed by atoms with E-state index in [0.29, 0.717) is 0 Å². The maximum atomic E-state index is 11.4. The number of aliphatic hydroxyl groups excluding tert-OH is 2. The maximum Gasteiger partial charge on any atom is 0.351 e. The minimum absolute atomic E-state index is 0.134. The van der Waals surface area contributed by atoms with Crippen LogP contribution in [0.5, 0.6) is 0 Å². The number of ether oxygens (including phenoxy) is 1. The lowest BCUT2D eigenvalue weighted by molar-refractivity contribution is -0.0869. The predicted octanol–water partition coefficient (Wildman–Crippen LogP) is -1.29. The third-order valence-corrected chi connectivity index (χ3v) is 2.04. The molecule has 0 aromatic carbocycles. The second-order valence-corrected chi connectivity index (χ2v) is 3.26. The van der Waals surface area contributed by atoms with Crippen molar-refractivity contribution in [2.45, 2.75) is 19.3 Å². The van der Waals surface area contributed by atoms with Crippen LogP contribution in [0.2, 0.25) is 0 Å². The van der Waals surface area contributed by atoms with Crippen LogP contribution in [-0.2, 0) is 4.74 Å². The smallest absolute Gasteiger partial charge is 0.351 e. The van der Waals surface area contributed by atoms with Gasteiger partial charge in [-0.1, -0.05) is 0 Å². The van der Waals surface area contributed by atoms with Gasteiger partial charge in [0.05, 0.1) is 13.2 Å². The lowest BCUT2D eigenvalue weighted by Gasteiger charge is -2.20. The number of nitrogens with two attached hydrogens (primary N) is 1. The van der Waals surface area contributed by atoms with Crippen molar-refractivity contribution in [2.75, 3.05) is 18.9 Å². The molecule has 0 fully saturated rings. The Morgan fingerprint density at radius 1 is 1.56 bits per heavy atom. The first kappa shape index (κ1) is 12.6. The highest BCUT2D eigenvalue weighted by Crippen LogP contribution is 2.07. The van der Waals surface area contributed by atoms with Crippen LogP contribution in [0, 0.1) is 0 Å². The first-order chi connectivity index (χ1) is 7.58. The van der Waals surface area contributed by atoms with Crippen LogP contribution in [0.25, 0.3) is 0 Å². The number of aromatic nitrogens is 2. The third-order valence-electron chi connectivity index (χ3n) is 2.04. The summed E-state index contributed by atoms with van der Waals surface area (Å²) in [7, 11) is 0. The summed E-state index contributed by atoms with van der Waals surface area (Å²) in [6, 6.07) is 1.47. The molecule has 0 aliphatic rings. The van der Waals surface area contributed by atoms with Crippen LogP contribution in [0.1, 0.15) is 13.2 Å². The van der Waals surface area contributed by atoms with E-state index < -0.39 is 18.0 Å². The molecule has 0 spiro atoms. The number of hydrogen-bond donors (Lipinski definition) is 3. The molecule has 0 aliphatic carbocycles. The van der Waals surface area contributed by atoms with Crippen molar-refractivity contribution < 1.29 is 14.9 Å². The Morgan fingerprint density at radius 3 is 2.69 bits per heavy atom. The highest BCUT2D eigenvalue weighted by molar-refractivity contribution is 5.23. The molecule has 16 heavy (non-hydrogen) atoms. The average molecular weight is 229 g/mol. The van der Waals surface area contributed by atoms with Crippen molar-refractivity contribution in [3.63, 3.8) is 0 Å².